The molecule has 0 aliphatic carbocycles. The molecule has 0 saturated carbocycles. The summed E-state index contributed by atoms with van der Waals surface area (Å²) in [6.45, 7) is 0.662. The molecule has 25 heavy (non-hydrogen) atoms. The zero-order valence-electron chi connectivity index (χ0n) is 13.8. The van der Waals surface area contributed by atoms with E-state index in [1.54, 1.807) is 33.5 Å². The molecule has 0 saturated heterocycles. The predicted molar refractivity (Wildman–Crippen MR) is 95.6 cm³/mol. The van der Waals surface area contributed by atoms with E-state index in [-0.39, 0.29) is 17.3 Å². The molecule has 0 unspecified atom stereocenters. The van der Waals surface area contributed by atoms with Crippen molar-refractivity contribution < 1.29 is 9.18 Å². The van der Waals surface area contributed by atoms with Crippen molar-refractivity contribution in [2.24, 2.45) is 7.05 Å². The molecule has 0 bridgehead atoms. The fourth-order valence-electron chi connectivity index (χ4n) is 2.64. The van der Waals surface area contributed by atoms with E-state index in [1.807, 2.05) is 25.4 Å². The topological polar surface area (TPSA) is 56.0 Å². The first-order chi connectivity index (χ1) is 12.1. The van der Waals surface area contributed by atoms with E-state index in [0.29, 0.717) is 24.2 Å². The quantitative estimate of drug-likeness (QED) is 0.725. The van der Waals surface area contributed by atoms with Gasteiger partial charge in [-0.2, -0.15) is 0 Å². The van der Waals surface area contributed by atoms with Gasteiger partial charge in [0.15, 0.2) is 0 Å². The minimum Gasteiger partial charge on any atom is -0.351 e. The Labute approximate surface area is 144 Å². The highest BCUT2D eigenvalue weighted by molar-refractivity contribution is 5.91. The van der Waals surface area contributed by atoms with Crippen LogP contribution in [0.15, 0.2) is 59.7 Å². The summed E-state index contributed by atoms with van der Waals surface area (Å²) in [6.07, 6.45) is 6.26. The Kier molecular flexibility index (Phi) is 4.79. The van der Waals surface area contributed by atoms with E-state index in [1.165, 1.54) is 18.2 Å². The summed E-state index contributed by atoms with van der Waals surface area (Å²) in [5, 5.41) is 3.58. The van der Waals surface area contributed by atoms with Crippen LogP contribution in [0, 0.1) is 5.82 Å². The van der Waals surface area contributed by atoms with Gasteiger partial charge in [-0.15, -0.1) is 0 Å². The monoisotopic (exact) mass is 339 g/mol. The molecular weight excluding hydrogens is 321 g/mol. The molecule has 6 heteroatoms. The van der Waals surface area contributed by atoms with Crippen LogP contribution in [-0.4, -0.2) is 21.6 Å². The molecular formula is C19H18FN3O2. The van der Waals surface area contributed by atoms with Crippen LogP contribution in [0.4, 0.5) is 4.39 Å². The Morgan fingerprint density at radius 3 is 2.76 bits per heavy atom. The standard InChI is InChI=1S/C19H18FN3O2/c1-22-11-8-15-9-12-23(19(25)18(15)22)13-10-21-17(24)7-6-14-4-2-3-5-16(14)20/h2-9,11-12H,10,13H2,1H3,(H,21,24). The third-order valence-electron chi connectivity index (χ3n) is 3.97. The second kappa shape index (κ2) is 7.17. The van der Waals surface area contributed by atoms with Crippen molar-refractivity contribution in [2.75, 3.05) is 6.54 Å². The maximum atomic E-state index is 13.5. The molecule has 1 aromatic carbocycles. The maximum absolute atomic E-state index is 13.5. The molecule has 2 aromatic heterocycles. The van der Waals surface area contributed by atoms with Gasteiger partial charge < -0.3 is 14.5 Å². The van der Waals surface area contributed by atoms with Crippen LogP contribution in [-0.2, 0) is 18.4 Å². The minimum atomic E-state index is -0.381. The van der Waals surface area contributed by atoms with Crippen LogP contribution in [0.2, 0.25) is 0 Å². The molecule has 5 nitrogen and oxygen atoms in total. The highest BCUT2D eigenvalue weighted by atomic mass is 19.1. The number of benzene rings is 1. The van der Waals surface area contributed by atoms with Gasteiger partial charge in [-0.1, -0.05) is 18.2 Å². The Morgan fingerprint density at radius 2 is 1.96 bits per heavy atom. The normalized spacial score (nSPS) is 11.3. The number of hydrogen-bond donors (Lipinski definition) is 1. The van der Waals surface area contributed by atoms with Crippen LogP contribution < -0.4 is 10.9 Å². The molecule has 1 amide bonds. The fraction of sp³-hybridized carbons (Fsp3) is 0.158. The van der Waals surface area contributed by atoms with Gasteiger partial charge in [0.1, 0.15) is 11.3 Å². The van der Waals surface area contributed by atoms with Gasteiger partial charge in [-0.05, 0) is 24.3 Å². The Morgan fingerprint density at radius 1 is 1.20 bits per heavy atom. The molecule has 3 rings (SSSR count). The van der Waals surface area contributed by atoms with E-state index in [2.05, 4.69) is 5.32 Å². The Bertz CT molecular complexity index is 1000. The van der Waals surface area contributed by atoms with Crippen LogP contribution >= 0.6 is 0 Å². The van der Waals surface area contributed by atoms with Crippen molar-refractivity contribution in [3.63, 3.8) is 0 Å². The number of amides is 1. The molecule has 0 fully saturated rings. The van der Waals surface area contributed by atoms with Gasteiger partial charge in [0, 0.05) is 49.6 Å². The number of halogens is 1. The summed E-state index contributed by atoms with van der Waals surface area (Å²) in [4.78, 5) is 24.2. The predicted octanol–water partition coefficient (Wildman–Crippen LogP) is 2.31. The van der Waals surface area contributed by atoms with E-state index in [0.717, 1.165) is 5.39 Å². The number of nitrogens with zero attached hydrogens (tertiary/aromatic N) is 2. The van der Waals surface area contributed by atoms with Crippen LogP contribution in [0.1, 0.15) is 5.56 Å². The van der Waals surface area contributed by atoms with Crippen molar-refractivity contribution in [2.45, 2.75) is 6.54 Å². The summed E-state index contributed by atoms with van der Waals surface area (Å²) in [6, 6.07) is 9.98. The average molecular weight is 339 g/mol. The van der Waals surface area contributed by atoms with Crippen molar-refractivity contribution in [3.05, 3.63) is 76.6 Å². The van der Waals surface area contributed by atoms with Crippen molar-refractivity contribution >= 4 is 22.9 Å². The molecule has 2 heterocycles. The number of aryl methyl sites for hydroxylation is 1. The maximum Gasteiger partial charge on any atom is 0.275 e. The third kappa shape index (κ3) is 3.68. The average Bonchev–Trinajstić information content (AvgIpc) is 2.98. The number of carbonyl (C=O) groups is 1. The number of hydrogen-bond acceptors (Lipinski definition) is 2. The molecule has 0 aliphatic heterocycles. The highest BCUT2D eigenvalue weighted by Gasteiger charge is 2.06. The lowest BCUT2D eigenvalue weighted by molar-refractivity contribution is -0.116. The molecule has 0 spiro atoms. The van der Waals surface area contributed by atoms with Crippen molar-refractivity contribution in [3.8, 4) is 0 Å². The number of fused-ring (bicyclic) bond motifs is 1. The first-order valence-electron chi connectivity index (χ1n) is 7.91. The fourth-order valence-corrected chi connectivity index (χ4v) is 2.64. The number of carbonyl (C=O) groups excluding carboxylic acids is 1. The smallest absolute Gasteiger partial charge is 0.275 e. The van der Waals surface area contributed by atoms with E-state index >= 15 is 0 Å². The summed E-state index contributed by atoms with van der Waals surface area (Å²) < 4.78 is 16.8. The molecule has 128 valence electrons. The molecule has 1 N–H and O–H groups in total. The zero-order valence-corrected chi connectivity index (χ0v) is 13.8. The van der Waals surface area contributed by atoms with Crippen molar-refractivity contribution in [1.29, 1.82) is 0 Å². The number of pyridine rings is 1. The van der Waals surface area contributed by atoms with E-state index in [9.17, 15) is 14.0 Å². The summed E-state index contributed by atoms with van der Waals surface area (Å²) >= 11 is 0. The molecule has 0 aliphatic rings. The zero-order chi connectivity index (χ0) is 17.8. The largest absolute Gasteiger partial charge is 0.351 e. The van der Waals surface area contributed by atoms with Crippen LogP contribution in [0.3, 0.4) is 0 Å². The summed E-state index contributed by atoms with van der Waals surface area (Å²) in [7, 11) is 1.82. The van der Waals surface area contributed by atoms with Gasteiger partial charge in [0.05, 0.1) is 0 Å². The van der Waals surface area contributed by atoms with E-state index < -0.39 is 0 Å². The summed E-state index contributed by atoms with van der Waals surface area (Å²) in [5.74, 6) is -0.717. The van der Waals surface area contributed by atoms with E-state index in [4.69, 9.17) is 0 Å². The molecule has 3 aromatic rings. The molecule has 0 radical (unpaired) electrons. The molecule has 0 atom stereocenters. The van der Waals surface area contributed by atoms with Crippen LogP contribution in [0.25, 0.3) is 17.0 Å². The van der Waals surface area contributed by atoms with Gasteiger partial charge in [-0.3, -0.25) is 9.59 Å². The lowest BCUT2D eigenvalue weighted by Crippen LogP contribution is -2.30. The number of rotatable bonds is 5. The number of nitrogens with one attached hydrogen (secondary N) is 1. The lowest BCUT2D eigenvalue weighted by atomic mass is 10.2. The first-order valence-corrected chi connectivity index (χ1v) is 7.91. The lowest BCUT2D eigenvalue weighted by Gasteiger charge is -2.07. The Hall–Kier alpha value is -3.15. The van der Waals surface area contributed by atoms with Crippen molar-refractivity contribution in [1.82, 2.24) is 14.5 Å². The second-order valence-electron chi connectivity index (χ2n) is 5.69. The first kappa shape index (κ1) is 16.7. The van der Waals surface area contributed by atoms with Gasteiger partial charge in [0.25, 0.3) is 5.56 Å². The van der Waals surface area contributed by atoms with Gasteiger partial charge >= 0.3 is 0 Å². The highest BCUT2D eigenvalue weighted by Crippen LogP contribution is 2.09. The third-order valence-corrected chi connectivity index (χ3v) is 3.97. The Balaban J connectivity index is 1.60. The van der Waals surface area contributed by atoms with Crippen LogP contribution in [0.5, 0.6) is 0 Å². The second-order valence-corrected chi connectivity index (χ2v) is 5.69. The van der Waals surface area contributed by atoms with Gasteiger partial charge in [-0.25, -0.2) is 4.39 Å². The van der Waals surface area contributed by atoms with Gasteiger partial charge in [0.2, 0.25) is 5.91 Å². The summed E-state index contributed by atoms with van der Waals surface area (Å²) in [5.41, 5.74) is 0.887. The SMILES string of the molecule is Cn1ccc2ccn(CCNC(=O)C=Cc3ccccc3F)c(=O)c21. The number of aromatic nitrogens is 2. The minimum absolute atomic E-state index is 0.0962.